The summed E-state index contributed by atoms with van der Waals surface area (Å²) >= 11 is 0. The van der Waals surface area contributed by atoms with Gasteiger partial charge in [0.15, 0.2) is 0 Å². The van der Waals surface area contributed by atoms with Gasteiger partial charge in [-0.2, -0.15) is 0 Å². The summed E-state index contributed by atoms with van der Waals surface area (Å²) in [7, 11) is 0. The molecule has 2 aliphatic rings. The van der Waals surface area contributed by atoms with Gasteiger partial charge in [-0.1, -0.05) is 27.2 Å². The van der Waals surface area contributed by atoms with Crippen LogP contribution in [0.15, 0.2) is 0 Å². The van der Waals surface area contributed by atoms with E-state index < -0.39 is 0 Å². The van der Waals surface area contributed by atoms with E-state index in [2.05, 4.69) is 31.0 Å². The van der Waals surface area contributed by atoms with Crippen molar-refractivity contribution < 1.29 is 0 Å². The third-order valence-electron chi connectivity index (χ3n) is 5.27. The van der Waals surface area contributed by atoms with E-state index in [0.717, 1.165) is 23.9 Å². The van der Waals surface area contributed by atoms with Gasteiger partial charge in [0.2, 0.25) is 0 Å². The third-order valence-corrected chi connectivity index (χ3v) is 5.27. The molecule has 112 valence electrons. The van der Waals surface area contributed by atoms with Crippen molar-refractivity contribution in [2.45, 2.75) is 77.8 Å². The highest BCUT2D eigenvalue weighted by atomic mass is 15.2. The Hall–Kier alpha value is -0.0800. The first-order valence-corrected chi connectivity index (χ1v) is 8.68. The Morgan fingerprint density at radius 3 is 2.63 bits per heavy atom. The zero-order chi connectivity index (χ0) is 13.7. The molecule has 1 heterocycles. The van der Waals surface area contributed by atoms with Crippen LogP contribution in [0, 0.1) is 11.8 Å². The van der Waals surface area contributed by atoms with Gasteiger partial charge in [-0.05, 0) is 63.5 Å². The van der Waals surface area contributed by atoms with Gasteiger partial charge >= 0.3 is 0 Å². The van der Waals surface area contributed by atoms with Gasteiger partial charge < -0.3 is 5.32 Å². The minimum absolute atomic E-state index is 0.767. The summed E-state index contributed by atoms with van der Waals surface area (Å²) in [5, 5.41) is 3.68. The molecular weight excluding hydrogens is 232 g/mol. The molecule has 19 heavy (non-hydrogen) atoms. The molecule has 0 bridgehead atoms. The first kappa shape index (κ1) is 15.3. The Morgan fingerprint density at radius 1 is 1.16 bits per heavy atom. The Bertz CT molecular complexity index is 248. The number of unbranched alkanes of at least 4 members (excludes halogenated alkanes) is 1. The SMILES string of the molecule is CCCCN(CC1CCCN1)C1CCC(C)CC1C. The molecule has 4 unspecified atom stereocenters. The fourth-order valence-electron chi connectivity index (χ4n) is 4.14. The number of hydrogen-bond acceptors (Lipinski definition) is 2. The quantitative estimate of drug-likeness (QED) is 0.789. The summed E-state index contributed by atoms with van der Waals surface area (Å²) in [6.45, 7) is 11.1. The van der Waals surface area contributed by atoms with Gasteiger partial charge in [0.25, 0.3) is 0 Å². The van der Waals surface area contributed by atoms with Gasteiger partial charge in [-0.25, -0.2) is 0 Å². The molecule has 1 aliphatic carbocycles. The van der Waals surface area contributed by atoms with Crippen molar-refractivity contribution in [1.29, 1.82) is 0 Å². The first-order valence-electron chi connectivity index (χ1n) is 8.68. The summed E-state index contributed by atoms with van der Waals surface area (Å²) in [6, 6.07) is 1.62. The zero-order valence-corrected chi connectivity index (χ0v) is 13.3. The Kier molecular flexibility index (Phi) is 6.15. The molecule has 0 aromatic carbocycles. The highest BCUT2D eigenvalue weighted by Crippen LogP contribution is 2.32. The maximum Gasteiger partial charge on any atom is 0.0195 e. The van der Waals surface area contributed by atoms with Crippen LogP contribution < -0.4 is 5.32 Å². The minimum atomic E-state index is 0.767. The number of nitrogens with zero attached hydrogens (tertiary/aromatic N) is 1. The van der Waals surface area contributed by atoms with Crippen molar-refractivity contribution in [3.05, 3.63) is 0 Å². The predicted octanol–water partition coefficient (Wildman–Crippen LogP) is 3.67. The lowest BCUT2D eigenvalue weighted by molar-refractivity contribution is 0.0844. The average Bonchev–Trinajstić information content (AvgIpc) is 2.88. The van der Waals surface area contributed by atoms with Crippen LogP contribution in [0.3, 0.4) is 0 Å². The standard InChI is InChI=1S/C17H34N2/c1-4-5-11-19(13-16-7-6-10-18-16)17-9-8-14(2)12-15(17)3/h14-18H,4-13H2,1-3H3. The summed E-state index contributed by atoms with van der Waals surface area (Å²) in [5.41, 5.74) is 0. The van der Waals surface area contributed by atoms with Crippen LogP contribution in [0.4, 0.5) is 0 Å². The van der Waals surface area contributed by atoms with Crippen molar-refractivity contribution in [1.82, 2.24) is 10.2 Å². The van der Waals surface area contributed by atoms with E-state index in [-0.39, 0.29) is 0 Å². The lowest BCUT2D eigenvalue weighted by Gasteiger charge is -2.41. The second-order valence-corrected chi connectivity index (χ2v) is 7.10. The second-order valence-electron chi connectivity index (χ2n) is 7.10. The van der Waals surface area contributed by atoms with Crippen LogP contribution in [0.1, 0.15) is 65.7 Å². The van der Waals surface area contributed by atoms with Crippen molar-refractivity contribution in [2.75, 3.05) is 19.6 Å². The minimum Gasteiger partial charge on any atom is -0.313 e. The van der Waals surface area contributed by atoms with E-state index in [0.29, 0.717) is 0 Å². The smallest absolute Gasteiger partial charge is 0.0195 e. The fourth-order valence-corrected chi connectivity index (χ4v) is 4.14. The molecule has 2 rings (SSSR count). The summed E-state index contributed by atoms with van der Waals surface area (Å²) in [5.74, 6) is 1.84. The maximum absolute atomic E-state index is 3.68. The van der Waals surface area contributed by atoms with Gasteiger partial charge in [-0.15, -0.1) is 0 Å². The Morgan fingerprint density at radius 2 is 2.00 bits per heavy atom. The Labute approximate surface area is 120 Å². The molecule has 4 atom stereocenters. The van der Waals surface area contributed by atoms with Crippen LogP contribution in [-0.4, -0.2) is 36.6 Å². The van der Waals surface area contributed by atoms with Crippen LogP contribution in [0.25, 0.3) is 0 Å². The number of rotatable bonds is 6. The zero-order valence-electron chi connectivity index (χ0n) is 13.3. The maximum atomic E-state index is 3.68. The molecule has 0 aromatic heterocycles. The first-order chi connectivity index (χ1) is 9.20. The largest absolute Gasteiger partial charge is 0.313 e. The van der Waals surface area contributed by atoms with Crippen LogP contribution in [0.5, 0.6) is 0 Å². The predicted molar refractivity (Wildman–Crippen MR) is 83.5 cm³/mol. The van der Waals surface area contributed by atoms with Crippen molar-refractivity contribution in [3.8, 4) is 0 Å². The second kappa shape index (κ2) is 7.64. The van der Waals surface area contributed by atoms with Gasteiger partial charge in [0.05, 0.1) is 0 Å². The summed E-state index contributed by atoms with van der Waals surface area (Å²) in [6.07, 6.45) is 9.77. The molecule has 0 aromatic rings. The molecule has 2 nitrogen and oxygen atoms in total. The molecule has 1 saturated carbocycles. The van der Waals surface area contributed by atoms with Crippen LogP contribution in [0.2, 0.25) is 0 Å². The highest BCUT2D eigenvalue weighted by Gasteiger charge is 2.31. The lowest BCUT2D eigenvalue weighted by atomic mass is 9.79. The van der Waals surface area contributed by atoms with E-state index in [1.807, 2.05) is 0 Å². The average molecular weight is 266 g/mol. The topological polar surface area (TPSA) is 15.3 Å². The summed E-state index contributed by atoms with van der Waals surface area (Å²) < 4.78 is 0. The fraction of sp³-hybridized carbons (Fsp3) is 1.00. The molecule has 2 fully saturated rings. The van der Waals surface area contributed by atoms with Crippen LogP contribution >= 0.6 is 0 Å². The van der Waals surface area contributed by atoms with E-state index in [1.165, 1.54) is 64.6 Å². The lowest BCUT2D eigenvalue weighted by Crippen LogP contribution is -2.48. The normalized spacial score (nSPS) is 36.0. The van der Waals surface area contributed by atoms with Gasteiger partial charge in [0.1, 0.15) is 0 Å². The van der Waals surface area contributed by atoms with Gasteiger partial charge in [-0.3, -0.25) is 4.90 Å². The number of nitrogens with one attached hydrogen (secondary N) is 1. The molecule has 0 spiro atoms. The molecule has 2 heteroatoms. The molecule has 1 aliphatic heterocycles. The molecule has 1 N–H and O–H groups in total. The third kappa shape index (κ3) is 4.46. The molecule has 1 saturated heterocycles. The van der Waals surface area contributed by atoms with Crippen molar-refractivity contribution in [2.24, 2.45) is 11.8 Å². The van der Waals surface area contributed by atoms with E-state index in [4.69, 9.17) is 0 Å². The molecular formula is C17H34N2. The number of hydrogen-bond donors (Lipinski definition) is 1. The highest BCUT2D eigenvalue weighted by molar-refractivity contribution is 4.87. The van der Waals surface area contributed by atoms with Crippen LogP contribution in [-0.2, 0) is 0 Å². The van der Waals surface area contributed by atoms with E-state index in [1.54, 1.807) is 0 Å². The molecule has 0 amide bonds. The van der Waals surface area contributed by atoms with Crippen molar-refractivity contribution >= 4 is 0 Å². The van der Waals surface area contributed by atoms with E-state index >= 15 is 0 Å². The Balaban J connectivity index is 1.90. The van der Waals surface area contributed by atoms with Gasteiger partial charge in [0, 0.05) is 18.6 Å². The molecule has 0 radical (unpaired) electrons. The summed E-state index contributed by atoms with van der Waals surface area (Å²) in [4.78, 5) is 2.84. The van der Waals surface area contributed by atoms with Crippen molar-refractivity contribution in [3.63, 3.8) is 0 Å². The monoisotopic (exact) mass is 266 g/mol. The van der Waals surface area contributed by atoms with E-state index in [9.17, 15) is 0 Å².